The Balaban J connectivity index is 2.60. The Hall–Kier alpha value is -1.99. The summed E-state index contributed by atoms with van der Waals surface area (Å²) in [6, 6.07) is 1.68. The summed E-state index contributed by atoms with van der Waals surface area (Å²) >= 11 is 0. The zero-order chi connectivity index (χ0) is 12.4. The van der Waals surface area contributed by atoms with Crippen molar-refractivity contribution in [1.29, 1.82) is 0 Å². The number of carboxylic acids is 1. The van der Waals surface area contributed by atoms with Crippen molar-refractivity contribution in [1.82, 2.24) is 14.4 Å². The Morgan fingerprint density at radius 3 is 2.76 bits per heavy atom. The highest BCUT2D eigenvalue weighted by Gasteiger charge is 2.16. The van der Waals surface area contributed by atoms with Crippen molar-refractivity contribution in [3.8, 4) is 0 Å². The molecule has 17 heavy (non-hydrogen) atoms. The third kappa shape index (κ3) is 1.97. The number of aromatic nitrogens is 3. The maximum absolute atomic E-state index is 10.8. The summed E-state index contributed by atoms with van der Waals surface area (Å²) in [7, 11) is 2.99. The number of hydrogen-bond acceptors (Lipinski definition) is 5. The second kappa shape index (κ2) is 4.48. The van der Waals surface area contributed by atoms with E-state index >= 15 is 0 Å². The van der Waals surface area contributed by atoms with Crippen LogP contribution in [0.1, 0.15) is 22.5 Å². The molecule has 0 aliphatic carbocycles. The second-order valence-electron chi connectivity index (χ2n) is 3.27. The largest absolute Gasteiger partial charge is 0.476 e. The fourth-order valence-corrected chi connectivity index (χ4v) is 1.55. The molecule has 0 spiro atoms. The van der Waals surface area contributed by atoms with Crippen LogP contribution in [0.3, 0.4) is 0 Å². The molecular formula is C10H11N3O4. The maximum Gasteiger partial charge on any atom is 0.356 e. The molecule has 0 aromatic carbocycles. The summed E-state index contributed by atoms with van der Waals surface area (Å²) in [6.07, 6.45) is 2.30. The van der Waals surface area contributed by atoms with E-state index in [1.165, 1.54) is 31.0 Å². The Morgan fingerprint density at radius 2 is 2.18 bits per heavy atom. The van der Waals surface area contributed by atoms with Crippen molar-refractivity contribution in [3.63, 3.8) is 0 Å². The van der Waals surface area contributed by atoms with E-state index in [-0.39, 0.29) is 5.69 Å². The molecule has 2 aromatic rings. The second-order valence-corrected chi connectivity index (χ2v) is 3.27. The fraction of sp³-hybridized carbons (Fsp3) is 0.300. The summed E-state index contributed by atoms with van der Waals surface area (Å²) < 4.78 is 11.8. The summed E-state index contributed by atoms with van der Waals surface area (Å²) in [4.78, 5) is 18.7. The zero-order valence-electron chi connectivity index (χ0n) is 9.32. The average Bonchev–Trinajstić information content (AvgIpc) is 2.75. The molecule has 0 atom stereocenters. The molecule has 90 valence electrons. The van der Waals surface area contributed by atoms with Crippen LogP contribution in [0.25, 0.3) is 5.78 Å². The molecule has 0 fully saturated rings. The molecule has 0 aliphatic heterocycles. The molecule has 0 bridgehead atoms. The third-order valence-corrected chi connectivity index (χ3v) is 2.29. The minimum absolute atomic E-state index is 0.0732. The summed E-state index contributed by atoms with van der Waals surface area (Å²) in [5, 5.41) is 8.86. The Kier molecular flexibility index (Phi) is 3.03. The number of fused-ring (bicyclic) bond motifs is 1. The normalized spacial score (nSPS) is 11.2. The Labute approximate surface area is 96.6 Å². The molecule has 0 saturated carbocycles. The van der Waals surface area contributed by atoms with Gasteiger partial charge in [-0.3, -0.25) is 4.40 Å². The van der Waals surface area contributed by atoms with Gasteiger partial charge in [0, 0.05) is 26.6 Å². The minimum atomic E-state index is -1.10. The molecule has 2 aromatic heterocycles. The fourth-order valence-electron chi connectivity index (χ4n) is 1.55. The van der Waals surface area contributed by atoms with Crippen LogP contribution in [0.5, 0.6) is 0 Å². The predicted octanol–water partition coefficient (Wildman–Crippen LogP) is 0.719. The first-order valence-corrected chi connectivity index (χ1v) is 4.80. The van der Waals surface area contributed by atoms with Crippen LogP contribution in [-0.4, -0.2) is 39.7 Å². The summed E-state index contributed by atoms with van der Waals surface area (Å²) in [5.41, 5.74) is 0.552. The van der Waals surface area contributed by atoms with Gasteiger partial charge in [-0.05, 0) is 6.07 Å². The van der Waals surface area contributed by atoms with E-state index in [9.17, 15) is 4.79 Å². The van der Waals surface area contributed by atoms with Crippen molar-refractivity contribution in [2.24, 2.45) is 0 Å². The first-order chi connectivity index (χ1) is 8.17. The van der Waals surface area contributed by atoms with Gasteiger partial charge in [0.2, 0.25) is 5.78 Å². The first kappa shape index (κ1) is 11.5. The number of aromatic carboxylic acids is 1. The van der Waals surface area contributed by atoms with Crippen molar-refractivity contribution in [2.45, 2.75) is 6.29 Å². The van der Waals surface area contributed by atoms with Gasteiger partial charge in [-0.1, -0.05) is 0 Å². The van der Waals surface area contributed by atoms with E-state index in [1.807, 2.05) is 0 Å². The molecule has 2 rings (SSSR count). The Morgan fingerprint density at radius 1 is 1.47 bits per heavy atom. The molecule has 0 aliphatic rings. The van der Waals surface area contributed by atoms with Gasteiger partial charge in [-0.2, -0.15) is 0 Å². The maximum atomic E-state index is 10.8. The molecule has 0 radical (unpaired) electrons. The van der Waals surface area contributed by atoms with Crippen LogP contribution >= 0.6 is 0 Å². The molecule has 0 saturated heterocycles. The molecular weight excluding hydrogens is 226 g/mol. The number of carboxylic acid groups (broad SMARTS) is 1. The van der Waals surface area contributed by atoms with Gasteiger partial charge in [0.25, 0.3) is 0 Å². The Bertz CT molecular complexity index is 547. The van der Waals surface area contributed by atoms with Crippen LogP contribution in [0, 0.1) is 0 Å². The first-order valence-electron chi connectivity index (χ1n) is 4.80. The number of methoxy groups -OCH3 is 2. The topological polar surface area (TPSA) is 86.0 Å². The monoisotopic (exact) mass is 237 g/mol. The van der Waals surface area contributed by atoms with E-state index in [2.05, 4.69) is 9.97 Å². The van der Waals surface area contributed by atoms with Gasteiger partial charge in [0.15, 0.2) is 12.0 Å². The minimum Gasteiger partial charge on any atom is -0.476 e. The smallest absolute Gasteiger partial charge is 0.356 e. The molecule has 1 N–H and O–H groups in total. The van der Waals surface area contributed by atoms with Crippen LogP contribution in [-0.2, 0) is 9.47 Å². The van der Waals surface area contributed by atoms with Gasteiger partial charge in [0.1, 0.15) is 0 Å². The third-order valence-electron chi connectivity index (χ3n) is 2.29. The standard InChI is InChI=1S/C10H11N3O4/c1-16-9(17-2)7-3-4-11-10-12-6(8(14)15)5-13(7)10/h3-5,9H,1-2H3,(H,14,15). The van der Waals surface area contributed by atoms with Crippen LogP contribution in [0.4, 0.5) is 0 Å². The van der Waals surface area contributed by atoms with Crippen LogP contribution in [0.15, 0.2) is 18.5 Å². The number of imidazole rings is 1. The lowest BCUT2D eigenvalue weighted by atomic mass is 10.4. The average molecular weight is 237 g/mol. The molecule has 7 nitrogen and oxygen atoms in total. The highest BCUT2D eigenvalue weighted by atomic mass is 16.7. The van der Waals surface area contributed by atoms with Gasteiger partial charge < -0.3 is 14.6 Å². The quantitative estimate of drug-likeness (QED) is 0.788. The lowest BCUT2D eigenvalue weighted by Gasteiger charge is -2.14. The number of rotatable bonds is 4. The number of nitrogens with zero attached hydrogens (tertiary/aromatic N) is 3. The van der Waals surface area contributed by atoms with Crippen LogP contribution < -0.4 is 0 Å². The van der Waals surface area contributed by atoms with Crippen molar-refractivity contribution in [3.05, 3.63) is 29.8 Å². The predicted molar refractivity (Wildman–Crippen MR) is 56.7 cm³/mol. The molecule has 7 heteroatoms. The van der Waals surface area contributed by atoms with Crippen molar-refractivity contribution in [2.75, 3.05) is 14.2 Å². The lowest BCUT2D eigenvalue weighted by molar-refractivity contribution is -0.109. The lowest BCUT2D eigenvalue weighted by Crippen LogP contribution is -2.09. The highest BCUT2D eigenvalue weighted by molar-refractivity contribution is 5.85. The van der Waals surface area contributed by atoms with E-state index in [1.54, 1.807) is 6.07 Å². The van der Waals surface area contributed by atoms with E-state index in [0.717, 1.165) is 0 Å². The molecule has 2 heterocycles. The number of hydrogen-bond donors (Lipinski definition) is 1. The number of carbonyl (C=O) groups is 1. The van der Waals surface area contributed by atoms with Crippen molar-refractivity contribution >= 4 is 11.7 Å². The number of ether oxygens (including phenoxy) is 2. The van der Waals surface area contributed by atoms with Crippen molar-refractivity contribution < 1.29 is 19.4 Å². The van der Waals surface area contributed by atoms with Gasteiger partial charge in [-0.15, -0.1) is 0 Å². The molecule has 0 unspecified atom stereocenters. The highest BCUT2D eigenvalue weighted by Crippen LogP contribution is 2.18. The van der Waals surface area contributed by atoms with E-state index in [4.69, 9.17) is 14.6 Å². The van der Waals surface area contributed by atoms with E-state index < -0.39 is 12.3 Å². The van der Waals surface area contributed by atoms with E-state index in [0.29, 0.717) is 11.5 Å². The summed E-state index contributed by atoms with van der Waals surface area (Å²) in [5.74, 6) is -0.813. The molecule has 0 amide bonds. The van der Waals surface area contributed by atoms with Gasteiger partial charge in [-0.25, -0.2) is 14.8 Å². The van der Waals surface area contributed by atoms with Crippen LogP contribution in [0.2, 0.25) is 0 Å². The SMILES string of the molecule is COC(OC)c1ccnc2nc(C(=O)O)cn12. The van der Waals surface area contributed by atoms with Gasteiger partial charge >= 0.3 is 5.97 Å². The zero-order valence-corrected chi connectivity index (χ0v) is 9.32. The van der Waals surface area contributed by atoms with Gasteiger partial charge in [0.05, 0.1) is 5.69 Å². The summed E-state index contributed by atoms with van der Waals surface area (Å²) in [6.45, 7) is 0.